The second-order valence-electron chi connectivity index (χ2n) is 4.44. The molecule has 0 spiro atoms. The molecule has 2 aromatic rings. The van der Waals surface area contributed by atoms with E-state index in [1.165, 1.54) is 34.4 Å². The van der Waals surface area contributed by atoms with E-state index in [0.717, 1.165) is 10.7 Å². The molecule has 21 heavy (non-hydrogen) atoms. The van der Waals surface area contributed by atoms with E-state index in [-0.39, 0.29) is 17.2 Å². The van der Waals surface area contributed by atoms with E-state index in [2.05, 4.69) is 20.9 Å². The zero-order chi connectivity index (χ0) is 15.6. The zero-order valence-electron chi connectivity index (χ0n) is 11.4. The van der Waals surface area contributed by atoms with E-state index >= 15 is 0 Å². The molecule has 8 heteroatoms. The first-order valence-electron chi connectivity index (χ1n) is 5.99. The Labute approximate surface area is 133 Å². The molecule has 1 aromatic heterocycles. The summed E-state index contributed by atoms with van der Waals surface area (Å²) in [5, 5.41) is 13.6. The second-order valence-corrected chi connectivity index (χ2v) is 6.36. The maximum atomic E-state index is 12.4. The zero-order valence-corrected chi connectivity index (χ0v) is 13.8. The van der Waals surface area contributed by atoms with E-state index in [4.69, 9.17) is 0 Å². The topological polar surface area (TPSA) is 76.3 Å². The maximum absolute atomic E-state index is 12.4. The van der Waals surface area contributed by atoms with Gasteiger partial charge in [-0.2, -0.15) is 0 Å². The smallest absolute Gasteiger partial charge is 0.270 e. The van der Waals surface area contributed by atoms with Crippen molar-refractivity contribution >= 4 is 38.9 Å². The largest absolute Gasteiger partial charge is 0.336 e. The van der Waals surface area contributed by atoms with E-state index in [1.807, 2.05) is 12.3 Å². The van der Waals surface area contributed by atoms with Crippen molar-refractivity contribution < 1.29 is 9.72 Å². The molecule has 1 aromatic carbocycles. The van der Waals surface area contributed by atoms with Crippen LogP contribution in [0.5, 0.6) is 0 Å². The molecule has 0 radical (unpaired) electrons. The molecule has 0 aliphatic carbocycles. The number of hydrogen-bond donors (Lipinski definition) is 0. The number of carbonyl (C=O) groups excluding carboxylic acids is 1. The Morgan fingerprint density at radius 1 is 1.52 bits per heavy atom. The lowest BCUT2D eigenvalue weighted by Crippen LogP contribution is -2.26. The molecule has 0 N–H and O–H groups in total. The van der Waals surface area contributed by atoms with E-state index in [1.54, 1.807) is 7.05 Å². The van der Waals surface area contributed by atoms with Crippen molar-refractivity contribution in [3.8, 4) is 0 Å². The fourth-order valence-electron chi connectivity index (χ4n) is 1.79. The van der Waals surface area contributed by atoms with E-state index < -0.39 is 4.92 Å². The van der Waals surface area contributed by atoms with Crippen LogP contribution in [0.3, 0.4) is 0 Å². The lowest BCUT2D eigenvalue weighted by atomic mass is 10.2. The summed E-state index contributed by atoms with van der Waals surface area (Å²) < 4.78 is 0.527. The molecular weight excluding hydrogens is 358 g/mol. The van der Waals surface area contributed by atoms with Crippen LogP contribution >= 0.6 is 27.3 Å². The van der Waals surface area contributed by atoms with Crippen LogP contribution in [0.15, 0.2) is 28.1 Å². The third kappa shape index (κ3) is 3.64. The van der Waals surface area contributed by atoms with E-state index in [9.17, 15) is 14.9 Å². The third-order valence-corrected chi connectivity index (χ3v) is 4.32. The molecule has 0 saturated heterocycles. The first-order valence-corrected chi connectivity index (χ1v) is 7.66. The number of nitrogens with zero attached hydrogens (tertiary/aromatic N) is 3. The number of nitro benzene ring substituents is 1. The van der Waals surface area contributed by atoms with E-state index in [0.29, 0.717) is 11.0 Å². The van der Waals surface area contributed by atoms with Crippen LogP contribution in [-0.2, 0) is 6.54 Å². The minimum absolute atomic E-state index is 0.112. The summed E-state index contributed by atoms with van der Waals surface area (Å²) in [6.45, 7) is 2.26. The van der Waals surface area contributed by atoms with Gasteiger partial charge >= 0.3 is 0 Å². The highest BCUT2D eigenvalue weighted by molar-refractivity contribution is 9.10. The molecule has 0 aliphatic heterocycles. The van der Waals surface area contributed by atoms with Crippen molar-refractivity contribution in [1.82, 2.24) is 9.88 Å². The molecule has 0 fully saturated rings. The van der Waals surface area contributed by atoms with Gasteiger partial charge in [-0.15, -0.1) is 11.3 Å². The van der Waals surface area contributed by atoms with Crippen molar-refractivity contribution in [3.05, 3.63) is 54.4 Å². The Morgan fingerprint density at radius 2 is 2.24 bits per heavy atom. The second kappa shape index (κ2) is 6.31. The maximum Gasteiger partial charge on any atom is 0.270 e. The monoisotopic (exact) mass is 369 g/mol. The Morgan fingerprint density at radius 3 is 2.81 bits per heavy atom. The number of halogens is 1. The van der Waals surface area contributed by atoms with Gasteiger partial charge in [-0.25, -0.2) is 4.98 Å². The number of aromatic nitrogens is 1. The van der Waals surface area contributed by atoms with Gasteiger partial charge in [0.2, 0.25) is 0 Å². The number of benzene rings is 1. The minimum Gasteiger partial charge on any atom is -0.336 e. The fraction of sp³-hybridized carbons (Fsp3) is 0.231. The van der Waals surface area contributed by atoms with Gasteiger partial charge in [-0.3, -0.25) is 14.9 Å². The Balaban J connectivity index is 2.22. The van der Waals surface area contributed by atoms with Crippen LogP contribution in [-0.4, -0.2) is 27.8 Å². The van der Waals surface area contributed by atoms with Gasteiger partial charge in [0, 0.05) is 29.0 Å². The summed E-state index contributed by atoms with van der Waals surface area (Å²) in [4.78, 5) is 28.5. The number of carbonyl (C=O) groups is 1. The van der Waals surface area contributed by atoms with Crippen molar-refractivity contribution in [2.75, 3.05) is 7.05 Å². The fourth-order valence-corrected chi connectivity index (χ4v) is 2.81. The predicted octanol–water partition coefficient (Wildman–Crippen LogP) is 3.39. The number of rotatable bonds is 4. The molecule has 110 valence electrons. The summed E-state index contributed by atoms with van der Waals surface area (Å²) in [6.07, 6.45) is 0. The van der Waals surface area contributed by atoms with Crippen LogP contribution in [0, 0.1) is 17.0 Å². The summed E-state index contributed by atoms with van der Waals surface area (Å²) in [7, 11) is 1.64. The normalized spacial score (nSPS) is 10.4. The summed E-state index contributed by atoms with van der Waals surface area (Å²) in [5.74, 6) is -0.295. The van der Waals surface area contributed by atoms with Gasteiger partial charge in [0.1, 0.15) is 0 Å². The van der Waals surface area contributed by atoms with Crippen LogP contribution in [0.4, 0.5) is 5.69 Å². The highest BCUT2D eigenvalue weighted by atomic mass is 79.9. The van der Waals surface area contributed by atoms with Crippen LogP contribution < -0.4 is 0 Å². The SMILES string of the molecule is Cc1nc(CN(C)C(=O)c2cc([N+](=O)[O-])ccc2Br)cs1. The Bertz CT molecular complexity index is 702. The number of hydrogen-bond acceptors (Lipinski definition) is 5. The molecule has 1 heterocycles. The number of thiazole rings is 1. The molecular formula is C13H12BrN3O3S. The van der Waals surface area contributed by atoms with Crippen LogP contribution in [0.1, 0.15) is 21.1 Å². The van der Waals surface area contributed by atoms with Crippen molar-refractivity contribution in [1.29, 1.82) is 0 Å². The standard InChI is InChI=1S/C13H12BrN3O3S/c1-8-15-9(7-21-8)6-16(2)13(18)11-5-10(17(19)20)3-4-12(11)14/h3-5,7H,6H2,1-2H3. The lowest BCUT2D eigenvalue weighted by molar-refractivity contribution is -0.384. The molecule has 1 amide bonds. The Hall–Kier alpha value is -1.80. The highest BCUT2D eigenvalue weighted by Gasteiger charge is 2.19. The van der Waals surface area contributed by atoms with Gasteiger partial charge < -0.3 is 4.90 Å². The van der Waals surface area contributed by atoms with Gasteiger partial charge in [-0.05, 0) is 28.9 Å². The molecule has 0 saturated carbocycles. The first-order chi connectivity index (χ1) is 9.88. The summed E-state index contributed by atoms with van der Waals surface area (Å²) >= 11 is 4.77. The highest BCUT2D eigenvalue weighted by Crippen LogP contribution is 2.24. The van der Waals surface area contributed by atoms with Crippen LogP contribution in [0.25, 0.3) is 0 Å². The quantitative estimate of drug-likeness (QED) is 0.611. The van der Waals surface area contributed by atoms with Crippen molar-refractivity contribution in [2.45, 2.75) is 13.5 Å². The van der Waals surface area contributed by atoms with Gasteiger partial charge in [-0.1, -0.05) is 0 Å². The number of nitro groups is 1. The van der Waals surface area contributed by atoms with Gasteiger partial charge in [0.15, 0.2) is 0 Å². The third-order valence-electron chi connectivity index (χ3n) is 2.80. The summed E-state index contributed by atoms with van der Waals surface area (Å²) in [5.41, 5.74) is 0.952. The molecule has 0 unspecified atom stereocenters. The lowest BCUT2D eigenvalue weighted by Gasteiger charge is -2.16. The predicted molar refractivity (Wildman–Crippen MR) is 83.4 cm³/mol. The average molecular weight is 370 g/mol. The molecule has 2 rings (SSSR count). The number of aryl methyl sites for hydroxylation is 1. The van der Waals surface area contributed by atoms with Crippen LogP contribution in [0.2, 0.25) is 0 Å². The molecule has 6 nitrogen and oxygen atoms in total. The molecule has 0 aliphatic rings. The number of amides is 1. The minimum atomic E-state index is -0.521. The number of non-ortho nitro benzene ring substituents is 1. The van der Waals surface area contributed by atoms with Crippen molar-refractivity contribution in [2.24, 2.45) is 0 Å². The molecule has 0 atom stereocenters. The Kier molecular flexibility index (Phi) is 4.69. The van der Waals surface area contributed by atoms with Gasteiger partial charge in [0.05, 0.1) is 27.7 Å². The average Bonchev–Trinajstić information content (AvgIpc) is 2.83. The van der Waals surface area contributed by atoms with Crippen molar-refractivity contribution in [3.63, 3.8) is 0 Å². The summed E-state index contributed by atoms with van der Waals surface area (Å²) in [6, 6.07) is 4.13. The molecule has 0 bridgehead atoms. The van der Waals surface area contributed by atoms with Gasteiger partial charge in [0.25, 0.3) is 11.6 Å². The first kappa shape index (κ1) is 15.6.